The molecule has 5 aliphatic rings. The highest BCUT2D eigenvalue weighted by Crippen LogP contribution is 2.40. The molecule has 7 heterocycles. The number of halogens is 2. The predicted octanol–water partition coefficient (Wildman–Crippen LogP) is -2.71. The number of fused-ring (bicyclic) bond motifs is 1. The number of carbonyl (C=O) groups is 8. The first kappa shape index (κ1) is 63.5. The number of alkyl halides is 2. The lowest BCUT2D eigenvalue weighted by molar-refractivity contribution is -0.148. The van der Waals surface area contributed by atoms with Crippen LogP contribution in [0.2, 0.25) is 0 Å². The Balaban J connectivity index is 0.000000242. The number of Topliss-reactive ketones (excluding diaryl/α,β-unsaturated/α-hetero) is 1. The van der Waals surface area contributed by atoms with Crippen molar-refractivity contribution in [3.8, 4) is 0 Å². The number of ketones is 1. The molecule has 29 nitrogen and oxygen atoms in total. The third-order valence-corrected chi connectivity index (χ3v) is 14.5. The van der Waals surface area contributed by atoms with Crippen LogP contribution in [0, 0.1) is 5.92 Å². The first-order chi connectivity index (χ1) is 40.0. The summed E-state index contributed by atoms with van der Waals surface area (Å²) in [6.45, 7) is 3.17. The Labute approximate surface area is 476 Å². The number of aliphatic hydroxyl groups is 6. The molecule has 2 aromatic heterocycles. The number of amidine groups is 1. The third kappa shape index (κ3) is 14.5. The molecule has 31 heteroatoms. The van der Waals surface area contributed by atoms with Crippen LogP contribution in [0.1, 0.15) is 68.5 Å². The average molecular weight is 1180 g/mol. The Bertz CT molecular complexity index is 3110. The predicted molar refractivity (Wildman–Crippen MR) is 285 cm³/mol. The zero-order valence-corrected chi connectivity index (χ0v) is 45.5. The van der Waals surface area contributed by atoms with Crippen LogP contribution in [-0.2, 0) is 47.8 Å². The number of benzene rings is 1. The number of aliphatic hydroxyl groups excluding tert-OH is 6. The summed E-state index contributed by atoms with van der Waals surface area (Å²) >= 11 is 0. The first-order valence-corrected chi connectivity index (χ1v) is 26.6. The number of nitrogens with zero attached hydrogens (tertiary/aromatic N) is 7. The van der Waals surface area contributed by atoms with E-state index in [1.54, 1.807) is 24.3 Å². The van der Waals surface area contributed by atoms with Gasteiger partial charge >= 0.3 is 17.6 Å². The lowest BCUT2D eigenvalue weighted by Crippen LogP contribution is -2.54. The van der Waals surface area contributed by atoms with Gasteiger partial charge in [0, 0.05) is 49.9 Å². The number of pyridine rings is 1. The first-order valence-electron chi connectivity index (χ1n) is 26.6. The van der Waals surface area contributed by atoms with E-state index in [0.717, 1.165) is 15.7 Å². The molecule has 1 aromatic carbocycles. The third-order valence-electron chi connectivity index (χ3n) is 14.5. The number of likely N-dealkylation sites (tertiary alicyclic amines) is 2. The highest BCUT2D eigenvalue weighted by molar-refractivity contribution is 6.08. The molecule has 8 rings (SSSR count). The molecule has 0 radical (unpaired) electrons. The Hall–Kier alpha value is -8.04. The standard InChI is InChI=1S/C27H37F2N5O10.C26H28N6O8/c1-14(30-23(40)16(12-35)11-17(37)6-7-21(38)43-3)25(42)34-9-4-5-18(34)24(41)32-20-8-10-33(15(2)31-20)26-27(28,29)22(39)19(13-36)44-26;33-13-18-21(35)22(36)25(40-18)32-11-8-19(30-26(32)39)29-24(38)17-6-3-10-31(17)20(34)12-28-23(37)15-7-9-27-16-5-2-1-4-14(15)16/h8,10,14,16,18-19,22,26,35-36,39H,2,4-7,9,11-13H2,1,3H3,(H,30,40)(H,31,32,41);1-2,4-5,7-9,11,17-18,21-22,25,33,35-36H,3,6,10,12-13H2,(H,28,37)(H,29,30,38,39)/t14-,16+,18+,19?,22?,26?;17-,18+,21+,22-,25+/m10/s1. The summed E-state index contributed by atoms with van der Waals surface area (Å²) in [6, 6.07) is 7.16. The van der Waals surface area contributed by atoms with E-state index in [4.69, 9.17) is 9.47 Å². The largest absolute Gasteiger partial charge is 0.469 e. The van der Waals surface area contributed by atoms with Crippen molar-refractivity contribution in [3.05, 3.63) is 89.5 Å². The van der Waals surface area contributed by atoms with E-state index in [0.29, 0.717) is 48.7 Å². The van der Waals surface area contributed by atoms with Crippen LogP contribution < -0.4 is 27.0 Å². The highest BCUT2D eigenvalue weighted by atomic mass is 19.3. The van der Waals surface area contributed by atoms with Crippen molar-refractivity contribution in [1.82, 2.24) is 45.2 Å². The summed E-state index contributed by atoms with van der Waals surface area (Å²) in [5, 5.41) is 68.7. The number of esters is 1. The van der Waals surface area contributed by atoms with Crippen molar-refractivity contribution in [2.45, 2.75) is 119 Å². The van der Waals surface area contributed by atoms with Gasteiger partial charge in [-0.05, 0) is 56.9 Å². The van der Waals surface area contributed by atoms with Gasteiger partial charge in [0.05, 0.1) is 56.9 Å². The molecule has 0 spiro atoms. The topological polar surface area (TPSA) is 404 Å². The van der Waals surface area contributed by atoms with Crippen molar-refractivity contribution in [3.63, 3.8) is 0 Å². The van der Waals surface area contributed by atoms with E-state index >= 15 is 0 Å². The number of para-hydroxylation sites is 1. The van der Waals surface area contributed by atoms with Gasteiger partial charge in [-0.15, -0.1) is 0 Å². The van der Waals surface area contributed by atoms with Gasteiger partial charge in [-0.2, -0.15) is 13.8 Å². The lowest BCUT2D eigenvalue weighted by Gasteiger charge is -2.32. The maximum Gasteiger partial charge on any atom is 0.351 e. The van der Waals surface area contributed by atoms with Crippen LogP contribution in [0.4, 0.5) is 14.6 Å². The zero-order valence-electron chi connectivity index (χ0n) is 45.5. The molecule has 11 atom stereocenters. The van der Waals surface area contributed by atoms with Gasteiger partial charge in [-0.1, -0.05) is 24.8 Å². The molecule has 0 saturated carbocycles. The molecule has 3 aromatic rings. The van der Waals surface area contributed by atoms with E-state index in [1.807, 2.05) is 6.07 Å². The monoisotopic (exact) mass is 1180 g/mol. The smallest absolute Gasteiger partial charge is 0.351 e. The SMILES string of the molecule is C=C1N=C(NC(=O)[C@@H]2CCCN2C(=O)[C@@H](C)NC(=O)[C@H](CO)CC(=O)CCC(=O)OC)C=CN1C1OC(CO)C(O)C1(F)F.O=C(NCC(=O)N1CCC[C@H]1C(=O)Nc1ccn([C@@H]2O[C@H](CO)[C@@H](O)[C@@H]2O)c(=O)n1)c1ccnc2ccccc12. The number of aliphatic imine (C=N–C) groups is 1. The quantitative estimate of drug-likeness (QED) is 0.0546. The van der Waals surface area contributed by atoms with Crippen LogP contribution in [0.3, 0.4) is 0 Å². The maximum atomic E-state index is 14.5. The fourth-order valence-electron chi connectivity index (χ4n) is 9.97. The molecule has 3 unspecified atom stereocenters. The second kappa shape index (κ2) is 28.0. The molecule has 84 heavy (non-hydrogen) atoms. The molecule has 4 fully saturated rings. The zero-order chi connectivity index (χ0) is 61.2. The van der Waals surface area contributed by atoms with E-state index in [-0.39, 0.29) is 49.8 Å². The minimum absolute atomic E-state index is 0.0554. The van der Waals surface area contributed by atoms with Crippen molar-refractivity contribution < 1.29 is 92.0 Å². The van der Waals surface area contributed by atoms with E-state index < -0.39 is 146 Å². The number of hydrogen-bond donors (Lipinski definition) is 10. The number of anilines is 1. The van der Waals surface area contributed by atoms with Gasteiger partial charge in [0.1, 0.15) is 65.8 Å². The minimum Gasteiger partial charge on any atom is -0.469 e. The van der Waals surface area contributed by atoms with Crippen LogP contribution in [0.15, 0.2) is 83.3 Å². The van der Waals surface area contributed by atoms with E-state index in [2.05, 4.69) is 47.5 Å². The van der Waals surface area contributed by atoms with Crippen LogP contribution in [0.5, 0.6) is 0 Å². The Morgan fingerprint density at radius 2 is 1.56 bits per heavy atom. The minimum atomic E-state index is -3.76. The molecule has 10 N–H and O–H groups in total. The highest BCUT2D eigenvalue weighted by Gasteiger charge is 2.60. The van der Waals surface area contributed by atoms with Gasteiger partial charge in [-0.25, -0.2) is 9.79 Å². The summed E-state index contributed by atoms with van der Waals surface area (Å²) in [6.07, 6.45) is -4.82. The fraction of sp³-hybridized carbons (Fsp3) is 0.509. The summed E-state index contributed by atoms with van der Waals surface area (Å²) < 4.78 is 44.9. The molecule has 6 amide bonds. The summed E-state index contributed by atoms with van der Waals surface area (Å²) in [5.74, 6) is -9.69. The Morgan fingerprint density at radius 3 is 2.20 bits per heavy atom. The molecule has 454 valence electrons. The number of nitrogens with one attached hydrogen (secondary N) is 4. The van der Waals surface area contributed by atoms with Crippen LogP contribution >= 0.6 is 0 Å². The molecular weight excluding hydrogens is 1120 g/mol. The van der Waals surface area contributed by atoms with Crippen molar-refractivity contribution in [1.29, 1.82) is 0 Å². The average Bonchev–Trinajstić information content (AvgIpc) is 2.72. The number of methoxy groups -OCH3 is 1. The molecule has 0 bridgehead atoms. The number of ether oxygens (including phenoxy) is 3. The summed E-state index contributed by atoms with van der Waals surface area (Å²) in [7, 11) is 1.18. The summed E-state index contributed by atoms with van der Waals surface area (Å²) in [4.78, 5) is 129. The number of aromatic nitrogens is 3. The van der Waals surface area contributed by atoms with Crippen molar-refractivity contribution in [2.75, 3.05) is 51.9 Å². The van der Waals surface area contributed by atoms with Gasteiger partial charge in [0.25, 0.3) is 5.91 Å². The number of carbonyl (C=O) groups excluding carboxylic acids is 8. The summed E-state index contributed by atoms with van der Waals surface area (Å²) in [5.41, 5.74) is 0.170. The van der Waals surface area contributed by atoms with E-state index in [1.165, 1.54) is 48.4 Å². The molecule has 0 aliphatic carbocycles. The fourth-order valence-corrected chi connectivity index (χ4v) is 9.97. The second-order valence-electron chi connectivity index (χ2n) is 20.1. The van der Waals surface area contributed by atoms with Crippen molar-refractivity contribution in [2.24, 2.45) is 10.9 Å². The lowest BCUT2D eigenvalue weighted by atomic mass is 9.99. The van der Waals surface area contributed by atoms with Gasteiger partial charge in [0.2, 0.25) is 35.8 Å². The Kier molecular flexibility index (Phi) is 21.2. The molecular formula is C53H65F2N11O18. The number of hydrogen-bond acceptors (Lipinski definition) is 22. The molecule has 4 saturated heterocycles. The van der Waals surface area contributed by atoms with E-state index in [9.17, 15) is 82.6 Å². The number of amides is 6. The number of rotatable bonds is 19. The van der Waals surface area contributed by atoms with Crippen molar-refractivity contribution >= 4 is 69.8 Å². The van der Waals surface area contributed by atoms with Gasteiger partial charge in [0.15, 0.2) is 12.3 Å². The van der Waals surface area contributed by atoms with Gasteiger partial charge < -0.3 is 80.8 Å². The maximum absolute atomic E-state index is 14.5. The Morgan fingerprint density at radius 1 is 0.881 bits per heavy atom. The van der Waals surface area contributed by atoms with Crippen LogP contribution in [-0.4, -0.2) is 220 Å². The normalized spacial score (nSPS) is 25.0. The second-order valence-corrected chi connectivity index (χ2v) is 20.1. The molecule has 5 aliphatic heterocycles. The van der Waals surface area contributed by atoms with Gasteiger partial charge in [-0.3, -0.25) is 47.9 Å². The van der Waals surface area contributed by atoms with Crippen LogP contribution in [0.25, 0.3) is 10.9 Å².